The average molecular weight is 645 g/mol. The van der Waals surface area contributed by atoms with Gasteiger partial charge in [-0.05, 0) is 116 Å². The second-order valence-corrected chi connectivity index (χ2v) is 12.0. The second-order valence-electron chi connectivity index (χ2n) is 9.74. The van der Waals surface area contributed by atoms with Crippen LogP contribution in [-0.2, 0) is 12.8 Å². The summed E-state index contributed by atoms with van der Waals surface area (Å²) in [7, 11) is 0. The predicted molar refractivity (Wildman–Crippen MR) is 167 cm³/mol. The monoisotopic (exact) mass is 644 g/mol. The normalized spacial score (nSPS) is 13.6. The van der Waals surface area contributed by atoms with Crippen molar-refractivity contribution in [3.05, 3.63) is 66.6 Å². The number of aryl methyl sites for hydroxylation is 3. The summed E-state index contributed by atoms with van der Waals surface area (Å²) in [6.45, 7) is 9.33. The first kappa shape index (κ1) is 28.6. The van der Waals surface area contributed by atoms with E-state index >= 15 is 0 Å². The lowest BCUT2D eigenvalue weighted by Crippen LogP contribution is -2.15. The van der Waals surface area contributed by atoms with Gasteiger partial charge in [0.2, 0.25) is 0 Å². The van der Waals surface area contributed by atoms with E-state index in [2.05, 4.69) is 47.0 Å². The first-order valence-corrected chi connectivity index (χ1v) is 15.5. The maximum atomic E-state index is 13.8. The van der Waals surface area contributed by atoms with Gasteiger partial charge in [-0.15, -0.1) is 11.3 Å². The minimum atomic E-state index is -0.0724. The minimum absolute atomic E-state index is 0.0724. The Morgan fingerprint density at radius 2 is 1.87 bits per heavy atom. The average Bonchev–Trinajstić information content (AvgIpc) is 3.21. The van der Waals surface area contributed by atoms with E-state index in [-0.39, 0.29) is 5.91 Å². The third kappa shape index (κ3) is 6.97. The second kappa shape index (κ2) is 13.6. The number of nitrogens with zero attached hydrogens (tertiary/aromatic N) is 1. The van der Waals surface area contributed by atoms with Gasteiger partial charge in [0.25, 0.3) is 5.91 Å². The number of carbonyl (C=O) groups excluding carboxylic acids is 1. The fourth-order valence-corrected chi connectivity index (χ4v) is 6.70. The molecule has 1 amide bonds. The number of anilines is 1. The van der Waals surface area contributed by atoms with Crippen LogP contribution in [0.25, 0.3) is 0 Å². The highest BCUT2D eigenvalue weighted by Crippen LogP contribution is 2.40. The van der Waals surface area contributed by atoms with Gasteiger partial charge in [0.05, 0.1) is 22.3 Å². The first-order chi connectivity index (χ1) is 18.4. The number of benzene rings is 2. The third-order valence-electron chi connectivity index (χ3n) is 6.63. The zero-order chi connectivity index (χ0) is 27.1. The van der Waals surface area contributed by atoms with E-state index in [1.807, 2.05) is 45.2 Å². The molecular formula is C31H37IN2O3S. The van der Waals surface area contributed by atoms with Crippen LogP contribution in [0.15, 0.2) is 35.3 Å². The van der Waals surface area contributed by atoms with Crippen molar-refractivity contribution in [2.45, 2.75) is 72.6 Å². The van der Waals surface area contributed by atoms with Crippen molar-refractivity contribution in [2.75, 3.05) is 18.5 Å². The summed E-state index contributed by atoms with van der Waals surface area (Å²) in [4.78, 5) is 20.0. The number of thiophene rings is 1. The van der Waals surface area contributed by atoms with Crippen LogP contribution in [0.2, 0.25) is 0 Å². The molecule has 5 nitrogen and oxygen atoms in total. The van der Waals surface area contributed by atoms with Crippen LogP contribution in [0.1, 0.15) is 83.4 Å². The smallest absolute Gasteiger partial charge is 0.259 e. The number of carbonyl (C=O) groups is 1. The molecule has 0 saturated carbocycles. The number of amides is 1. The lowest BCUT2D eigenvalue weighted by Gasteiger charge is -2.14. The van der Waals surface area contributed by atoms with Gasteiger partial charge < -0.3 is 14.8 Å². The molecule has 7 heteroatoms. The Morgan fingerprint density at radius 3 is 2.63 bits per heavy atom. The molecule has 0 unspecified atom stereocenters. The number of hydrogen-bond acceptors (Lipinski definition) is 5. The van der Waals surface area contributed by atoms with Crippen LogP contribution in [0.3, 0.4) is 0 Å². The molecule has 0 atom stereocenters. The van der Waals surface area contributed by atoms with Gasteiger partial charge in [0.15, 0.2) is 11.5 Å². The van der Waals surface area contributed by atoms with Gasteiger partial charge >= 0.3 is 0 Å². The summed E-state index contributed by atoms with van der Waals surface area (Å²) in [6, 6.07) is 10.2. The molecule has 202 valence electrons. The van der Waals surface area contributed by atoms with Gasteiger partial charge in [-0.25, -0.2) is 4.99 Å². The Hall–Kier alpha value is -2.39. The Morgan fingerprint density at radius 1 is 1.08 bits per heavy atom. The highest BCUT2D eigenvalue weighted by Gasteiger charge is 2.24. The first-order valence-electron chi connectivity index (χ1n) is 13.6. The summed E-state index contributed by atoms with van der Waals surface area (Å²) in [5.41, 5.74) is 5.85. The molecular weight excluding hydrogens is 607 g/mol. The summed E-state index contributed by atoms with van der Waals surface area (Å²) < 4.78 is 12.8. The molecule has 1 heterocycles. The van der Waals surface area contributed by atoms with Crippen LogP contribution in [-0.4, -0.2) is 25.3 Å². The topological polar surface area (TPSA) is 59.9 Å². The van der Waals surface area contributed by atoms with E-state index in [1.165, 1.54) is 23.3 Å². The van der Waals surface area contributed by atoms with Crippen LogP contribution in [0.5, 0.6) is 11.5 Å². The van der Waals surface area contributed by atoms with E-state index in [0.29, 0.717) is 13.2 Å². The van der Waals surface area contributed by atoms with E-state index in [0.717, 1.165) is 80.1 Å². The Labute approximate surface area is 244 Å². The van der Waals surface area contributed by atoms with Crippen molar-refractivity contribution in [1.82, 2.24) is 0 Å². The van der Waals surface area contributed by atoms with Crippen molar-refractivity contribution in [3.63, 3.8) is 0 Å². The zero-order valence-corrected chi connectivity index (χ0v) is 25.8. The highest BCUT2D eigenvalue weighted by molar-refractivity contribution is 14.1. The number of ether oxygens (including phenoxy) is 2. The standard InChI is InChI=1S/C31H37IN2O3S/c1-5-15-37-29-24(32)17-22(18-26(29)36-6-2)19-33-31-28(23-11-9-7-8-10-12-27(23)38-31)30(35)34-25-16-20(3)13-14-21(25)4/h13-14,16-19H,5-12,15H2,1-4H3,(H,34,35). The summed E-state index contributed by atoms with van der Waals surface area (Å²) in [5.74, 6) is 1.43. The van der Waals surface area contributed by atoms with Crippen molar-refractivity contribution in [1.29, 1.82) is 0 Å². The number of nitrogens with one attached hydrogen (secondary N) is 1. The fraction of sp³-hybridized carbons (Fsp3) is 0.419. The molecule has 1 aliphatic carbocycles. The summed E-state index contributed by atoms with van der Waals surface area (Å²) >= 11 is 3.96. The van der Waals surface area contributed by atoms with Crippen LogP contribution >= 0.6 is 33.9 Å². The van der Waals surface area contributed by atoms with Gasteiger partial charge in [0, 0.05) is 16.8 Å². The Bertz CT molecular complexity index is 1310. The Kier molecular flexibility index (Phi) is 10.2. The SMILES string of the molecule is CCCOc1c(I)cc(C=Nc2sc3c(c2C(=O)Nc2cc(C)ccc2C)CCCCCC3)cc1OCC. The molecule has 2 aromatic carbocycles. The molecule has 38 heavy (non-hydrogen) atoms. The largest absolute Gasteiger partial charge is 0.490 e. The molecule has 1 aliphatic rings. The maximum absolute atomic E-state index is 13.8. The quantitative estimate of drug-likeness (QED) is 0.187. The third-order valence-corrected chi connectivity index (χ3v) is 8.64. The number of hydrogen-bond donors (Lipinski definition) is 1. The highest BCUT2D eigenvalue weighted by atomic mass is 127. The maximum Gasteiger partial charge on any atom is 0.259 e. The van der Waals surface area contributed by atoms with Crippen LogP contribution in [0.4, 0.5) is 10.7 Å². The molecule has 0 saturated heterocycles. The number of aliphatic imine (C=N–C) groups is 1. The molecule has 0 aliphatic heterocycles. The van der Waals surface area contributed by atoms with E-state index in [1.54, 1.807) is 11.3 Å². The van der Waals surface area contributed by atoms with Crippen molar-refractivity contribution in [2.24, 2.45) is 4.99 Å². The molecule has 0 spiro atoms. The van der Waals surface area contributed by atoms with Gasteiger partial charge in [-0.3, -0.25) is 4.79 Å². The molecule has 0 bridgehead atoms. The van der Waals surface area contributed by atoms with Crippen LogP contribution in [0, 0.1) is 17.4 Å². The van der Waals surface area contributed by atoms with E-state index < -0.39 is 0 Å². The summed E-state index contributed by atoms with van der Waals surface area (Å²) in [5, 5.41) is 3.97. The van der Waals surface area contributed by atoms with Gasteiger partial charge in [0.1, 0.15) is 5.00 Å². The molecule has 0 fully saturated rings. The van der Waals surface area contributed by atoms with Gasteiger partial charge in [-0.2, -0.15) is 0 Å². The number of rotatable bonds is 9. The fourth-order valence-electron chi connectivity index (χ4n) is 4.69. The summed E-state index contributed by atoms with van der Waals surface area (Å²) in [6.07, 6.45) is 9.42. The molecule has 0 radical (unpaired) electrons. The van der Waals surface area contributed by atoms with Crippen molar-refractivity contribution in [3.8, 4) is 11.5 Å². The van der Waals surface area contributed by atoms with E-state index in [9.17, 15) is 4.79 Å². The molecule has 1 aromatic heterocycles. The number of halogens is 1. The van der Waals surface area contributed by atoms with Gasteiger partial charge in [-0.1, -0.05) is 31.9 Å². The van der Waals surface area contributed by atoms with E-state index in [4.69, 9.17) is 14.5 Å². The minimum Gasteiger partial charge on any atom is -0.490 e. The lowest BCUT2D eigenvalue weighted by molar-refractivity contribution is 0.102. The van der Waals surface area contributed by atoms with Crippen molar-refractivity contribution < 1.29 is 14.3 Å². The molecule has 3 aromatic rings. The van der Waals surface area contributed by atoms with Crippen molar-refractivity contribution >= 4 is 56.7 Å². The number of fused-ring (bicyclic) bond motifs is 1. The Balaban J connectivity index is 1.71. The lowest BCUT2D eigenvalue weighted by atomic mass is 9.96. The molecule has 4 rings (SSSR count). The van der Waals surface area contributed by atoms with Crippen LogP contribution < -0.4 is 14.8 Å². The predicted octanol–water partition coefficient (Wildman–Crippen LogP) is 8.82. The molecule has 1 N–H and O–H groups in total. The zero-order valence-electron chi connectivity index (χ0n) is 22.8.